The number of likely N-dealkylation sites (tertiary alicyclic amines) is 1. The van der Waals surface area contributed by atoms with Gasteiger partial charge < -0.3 is 35.1 Å². The number of carbonyl (C=O) groups is 4. The Hall–Kier alpha value is -5.00. The van der Waals surface area contributed by atoms with Crippen molar-refractivity contribution in [3.8, 4) is 5.00 Å². The van der Waals surface area contributed by atoms with E-state index in [1.165, 1.54) is 4.88 Å². The summed E-state index contributed by atoms with van der Waals surface area (Å²) in [7, 11) is 0. The number of fused-ring (bicyclic) bond motifs is 4. The van der Waals surface area contributed by atoms with Crippen molar-refractivity contribution >= 4 is 58.0 Å². The lowest BCUT2D eigenvalue weighted by atomic mass is 9.99. The average Bonchev–Trinajstić information content (AvgIpc) is 3.86. The lowest BCUT2D eigenvalue weighted by Crippen LogP contribution is -2.49. The highest BCUT2D eigenvalue weighted by atomic mass is 35.5. The Balaban J connectivity index is 0.760. The Kier molecular flexibility index (Phi) is 13.8. The summed E-state index contributed by atoms with van der Waals surface area (Å²) in [5.74, 6) is 0.867. The predicted octanol–water partition coefficient (Wildman–Crippen LogP) is 4.66. The molecule has 0 saturated carbocycles. The number of hydrogen-bond acceptors (Lipinski definition) is 11. The molecule has 3 aliphatic rings. The van der Waals surface area contributed by atoms with Crippen molar-refractivity contribution in [2.75, 3.05) is 64.6 Å². The molecular weight excluding hydrogens is 796 g/mol. The number of rotatable bonds is 17. The van der Waals surface area contributed by atoms with Crippen LogP contribution in [0.25, 0.3) is 5.00 Å². The van der Waals surface area contributed by atoms with Crippen LogP contribution in [-0.4, -0.2) is 114 Å². The minimum atomic E-state index is -0.554. The first-order chi connectivity index (χ1) is 28.5. The number of aromatic nitrogens is 3. The molecule has 2 aromatic carbocycles. The first-order valence-electron chi connectivity index (χ1n) is 19.9. The van der Waals surface area contributed by atoms with Crippen LogP contribution < -0.4 is 16.0 Å². The zero-order chi connectivity index (χ0) is 41.5. The highest BCUT2D eigenvalue weighted by Crippen LogP contribution is 2.39. The van der Waals surface area contributed by atoms with Gasteiger partial charge in [0.25, 0.3) is 5.91 Å². The molecule has 312 valence electrons. The smallest absolute Gasteiger partial charge is 0.253 e. The van der Waals surface area contributed by atoms with Crippen LogP contribution in [0.2, 0.25) is 5.02 Å². The molecule has 0 aliphatic carbocycles. The number of nitrogens with zero attached hydrogens (tertiary/aromatic N) is 5. The fourth-order valence-electron chi connectivity index (χ4n) is 7.46. The van der Waals surface area contributed by atoms with Crippen LogP contribution in [0, 0.1) is 20.8 Å². The predicted molar refractivity (Wildman–Crippen MR) is 224 cm³/mol. The molecule has 59 heavy (non-hydrogen) atoms. The molecule has 0 spiro atoms. The maximum Gasteiger partial charge on any atom is 0.253 e. The fraction of sp³-hybridized carbons (Fsp3) is 0.452. The van der Waals surface area contributed by atoms with Crippen LogP contribution in [0.1, 0.15) is 80.9 Å². The second-order valence-electron chi connectivity index (χ2n) is 14.8. The molecule has 3 aliphatic heterocycles. The topological polar surface area (TPSA) is 178 Å². The molecule has 4 amide bonds. The first kappa shape index (κ1) is 42.1. The second-order valence-corrected chi connectivity index (χ2v) is 16.4. The van der Waals surface area contributed by atoms with E-state index >= 15 is 0 Å². The van der Waals surface area contributed by atoms with Gasteiger partial charge in [0.05, 0.1) is 58.2 Å². The monoisotopic (exact) mass is 844 g/mol. The van der Waals surface area contributed by atoms with Crippen molar-refractivity contribution in [2.45, 2.75) is 65.0 Å². The fourth-order valence-corrected chi connectivity index (χ4v) is 8.80. The number of ether oxygens (including phenoxy) is 3. The maximum atomic E-state index is 13.2. The molecule has 2 atom stereocenters. The van der Waals surface area contributed by atoms with Crippen molar-refractivity contribution in [3.63, 3.8) is 0 Å². The van der Waals surface area contributed by atoms with Crippen LogP contribution in [0.5, 0.6) is 0 Å². The van der Waals surface area contributed by atoms with Crippen LogP contribution in [0.15, 0.2) is 47.5 Å². The number of aryl methyl sites for hydroxylation is 2. The first-order valence-corrected chi connectivity index (χ1v) is 21.1. The van der Waals surface area contributed by atoms with Crippen LogP contribution >= 0.6 is 22.9 Å². The molecule has 1 fully saturated rings. The normalized spacial score (nSPS) is 17.1. The number of benzene rings is 2. The van der Waals surface area contributed by atoms with Crippen LogP contribution in [0.3, 0.4) is 0 Å². The van der Waals surface area contributed by atoms with Gasteiger partial charge in [-0.3, -0.25) is 28.7 Å². The van der Waals surface area contributed by atoms with Gasteiger partial charge in [-0.15, -0.1) is 21.5 Å². The molecule has 4 aromatic rings. The Morgan fingerprint density at radius 3 is 2.47 bits per heavy atom. The number of anilines is 1. The molecule has 2 aromatic heterocycles. The summed E-state index contributed by atoms with van der Waals surface area (Å²) in [6, 6.07) is 12.2. The van der Waals surface area contributed by atoms with Crippen molar-refractivity contribution < 1.29 is 33.4 Å². The second kappa shape index (κ2) is 19.4. The quantitative estimate of drug-likeness (QED) is 0.128. The summed E-state index contributed by atoms with van der Waals surface area (Å²) in [5, 5.41) is 19.2. The number of halogens is 1. The Bertz CT molecular complexity index is 2220. The maximum absolute atomic E-state index is 13.2. The molecule has 15 nitrogen and oxygen atoms in total. The van der Waals surface area contributed by atoms with Gasteiger partial charge in [0.15, 0.2) is 5.82 Å². The van der Waals surface area contributed by atoms with Gasteiger partial charge in [-0.1, -0.05) is 29.8 Å². The number of carbonyl (C=O) groups excluding carboxylic acids is 4. The van der Waals surface area contributed by atoms with E-state index in [0.717, 1.165) is 51.6 Å². The lowest BCUT2D eigenvalue weighted by molar-refractivity contribution is -0.123. The minimum Gasteiger partial charge on any atom is -0.379 e. The van der Waals surface area contributed by atoms with Gasteiger partial charge in [-0.2, -0.15) is 0 Å². The number of piperidine rings is 1. The molecule has 17 heteroatoms. The molecule has 0 radical (unpaired) electrons. The van der Waals surface area contributed by atoms with E-state index in [4.69, 9.17) is 30.8 Å². The lowest BCUT2D eigenvalue weighted by Gasteiger charge is -2.33. The third kappa shape index (κ3) is 10.2. The zero-order valence-corrected chi connectivity index (χ0v) is 35.0. The molecule has 7 rings (SSSR count). The van der Waals surface area contributed by atoms with Gasteiger partial charge in [-0.25, -0.2) is 0 Å². The van der Waals surface area contributed by atoms with E-state index in [0.29, 0.717) is 81.2 Å². The molecule has 3 N–H and O–H groups in total. The Morgan fingerprint density at radius 2 is 1.69 bits per heavy atom. The van der Waals surface area contributed by atoms with Crippen molar-refractivity contribution in [3.05, 3.63) is 91.8 Å². The van der Waals surface area contributed by atoms with Gasteiger partial charge >= 0.3 is 0 Å². The average molecular weight is 845 g/mol. The molecular formula is C42H49ClN8O7S. The van der Waals surface area contributed by atoms with E-state index in [2.05, 4.69) is 40.0 Å². The standard InChI is InChI=1S/C42H49ClN8O7S/c1-25-26(2)59-42-38(25)39(28-8-10-31(43)11-9-28)47-34(40-49-48-27(3)51(40)42)23-36(53)44-13-16-57-18-20-58-19-17-56-15-12-35(52)45-32-5-4-14-50(24-32)41(55)30-7-6-29-22-37(54)46-33(29)21-30/h6-11,21,32,34H,4-5,12-20,22-24H2,1-3H3,(H,44,53)(H,45,52)(H,46,54)/t32?,34-/m0/s1. The molecule has 1 saturated heterocycles. The largest absolute Gasteiger partial charge is 0.379 e. The van der Waals surface area contributed by atoms with E-state index in [1.54, 1.807) is 28.4 Å². The summed E-state index contributed by atoms with van der Waals surface area (Å²) in [6.45, 7) is 9.42. The third-order valence-corrected chi connectivity index (χ3v) is 12.0. The van der Waals surface area contributed by atoms with Crippen LogP contribution in [-0.2, 0) is 35.0 Å². The number of aliphatic imine (C=N–C) groups is 1. The Morgan fingerprint density at radius 1 is 0.949 bits per heavy atom. The van der Waals surface area contributed by atoms with Gasteiger partial charge in [-0.05, 0) is 69.0 Å². The number of thiophene rings is 1. The zero-order valence-electron chi connectivity index (χ0n) is 33.5. The molecule has 0 bridgehead atoms. The van der Waals surface area contributed by atoms with Crippen molar-refractivity contribution in [1.29, 1.82) is 0 Å². The number of amides is 4. The SMILES string of the molecule is Cc1sc2c(c1C)C(c1ccc(Cl)cc1)=N[C@@H](CC(=O)NCCOCCOCCOCCC(=O)NC1CCCN(C(=O)c3ccc4c(c3)NC(=O)C4)C1)c1nnc(C)n1-2. The van der Waals surface area contributed by atoms with E-state index in [1.807, 2.05) is 41.8 Å². The third-order valence-electron chi connectivity index (χ3n) is 10.6. The van der Waals surface area contributed by atoms with E-state index in [9.17, 15) is 19.2 Å². The summed E-state index contributed by atoms with van der Waals surface area (Å²) in [4.78, 5) is 58.7. The van der Waals surface area contributed by atoms with E-state index < -0.39 is 6.04 Å². The summed E-state index contributed by atoms with van der Waals surface area (Å²) < 4.78 is 18.9. The molecule has 5 heterocycles. The summed E-state index contributed by atoms with van der Waals surface area (Å²) in [5.41, 5.74) is 5.95. The summed E-state index contributed by atoms with van der Waals surface area (Å²) >= 11 is 7.88. The van der Waals surface area contributed by atoms with E-state index in [-0.39, 0.29) is 49.1 Å². The van der Waals surface area contributed by atoms with Gasteiger partial charge in [0.2, 0.25) is 17.7 Å². The number of hydrogen-bond donors (Lipinski definition) is 3. The summed E-state index contributed by atoms with van der Waals surface area (Å²) in [6.07, 6.45) is 2.20. The van der Waals surface area contributed by atoms with Crippen molar-refractivity contribution in [1.82, 2.24) is 30.3 Å². The number of nitrogens with one attached hydrogen (secondary N) is 3. The highest BCUT2D eigenvalue weighted by molar-refractivity contribution is 7.15. The molecule has 1 unspecified atom stereocenters. The Labute approximate surface area is 351 Å². The van der Waals surface area contributed by atoms with Crippen molar-refractivity contribution in [2.24, 2.45) is 4.99 Å². The van der Waals surface area contributed by atoms with Gasteiger partial charge in [0, 0.05) is 64.4 Å². The minimum absolute atomic E-state index is 0.0711. The van der Waals surface area contributed by atoms with Gasteiger partial charge in [0.1, 0.15) is 16.9 Å². The highest BCUT2D eigenvalue weighted by Gasteiger charge is 2.33. The van der Waals surface area contributed by atoms with Crippen LogP contribution in [0.4, 0.5) is 5.69 Å².